The topological polar surface area (TPSA) is 71.5 Å². The number of nitrogens with one attached hydrogen (secondary N) is 1. The van der Waals surface area contributed by atoms with E-state index in [0.29, 0.717) is 5.69 Å². The van der Waals surface area contributed by atoms with Crippen molar-refractivity contribution in [2.75, 3.05) is 12.4 Å². The number of benzene rings is 2. The third-order valence-corrected chi connectivity index (χ3v) is 4.23. The van der Waals surface area contributed by atoms with E-state index in [1.54, 1.807) is 49.6 Å². The number of phenols is 1. The maximum absolute atomic E-state index is 12.1. The standard InChI is InChI=1S/C18H16N2O3S/c1-23-15-7-5-13(6-8-15)19-17(22)10-18-20-16(11-24-18)12-3-2-4-14(21)9-12/h2-9,11,21H,10H2,1H3,(H,19,22). The molecular formula is C18H16N2O3S. The number of carbonyl (C=O) groups is 1. The fourth-order valence-corrected chi connectivity index (χ4v) is 3.01. The van der Waals surface area contributed by atoms with Crippen molar-refractivity contribution < 1.29 is 14.6 Å². The maximum atomic E-state index is 12.1. The van der Waals surface area contributed by atoms with Crippen molar-refractivity contribution in [2.24, 2.45) is 0 Å². The predicted molar refractivity (Wildman–Crippen MR) is 94.5 cm³/mol. The van der Waals surface area contributed by atoms with Gasteiger partial charge in [0.25, 0.3) is 0 Å². The molecule has 1 heterocycles. The van der Waals surface area contributed by atoms with Crippen LogP contribution in [0.2, 0.25) is 0 Å². The molecule has 3 rings (SSSR count). The average Bonchev–Trinajstić information content (AvgIpc) is 3.04. The highest BCUT2D eigenvalue weighted by Crippen LogP contribution is 2.25. The lowest BCUT2D eigenvalue weighted by molar-refractivity contribution is -0.115. The van der Waals surface area contributed by atoms with Gasteiger partial charge in [0.1, 0.15) is 16.5 Å². The number of amides is 1. The van der Waals surface area contributed by atoms with Gasteiger partial charge < -0.3 is 15.2 Å². The van der Waals surface area contributed by atoms with Crippen LogP contribution in [0.3, 0.4) is 0 Å². The van der Waals surface area contributed by atoms with Crippen molar-refractivity contribution in [1.29, 1.82) is 0 Å². The molecule has 0 fully saturated rings. The van der Waals surface area contributed by atoms with E-state index >= 15 is 0 Å². The van der Waals surface area contributed by atoms with Crippen molar-refractivity contribution in [3.63, 3.8) is 0 Å². The lowest BCUT2D eigenvalue weighted by Gasteiger charge is -2.05. The van der Waals surface area contributed by atoms with Crippen LogP contribution in [0, 0.1) is 0 Å². The summed E-state index contributed by atoms with van der Waals surface area (Å²) in [4.78, 5) is 16.6. The molecule has 0 aliphatic carbocycles. The lowest BCUT2D eigenvalue weighted by Crippen LogP contribution is -2.14. The average molecular weight is 340 g/mol. The Morgan fingerprint density at radius 3 is 2.75 bits per heavy atom. The minimum atomic E-state index is -0.128. The van der Waals surface area contributed by atoms with Crippen LogP contribution >= 0.6 is 11.3 Å². The quantitative estimate of drug-likeness (QED) is 0.743. The van der Waals surface area contributed by atoms with Gasteiger partial charge in [-0.1, -0.05) is 12.1 Å². The van der Waals surface area contributed by atoms with Gasteiger partial charge in [-0.25, -0.2) is 4.98 Å². The number of thiazole rings is 1. The molecule has 2 N–H and O–H groups in total. The van der Waals surface area contributed by atoms with E-state index < -0.39 is 0 Å². The van der Waals surface area contributed by atoms with E-state index in [2.05, 4.69) is 10.3 Å². The highest BCUT2D eigenvalue weighted by atomic mass is 32.1. The first-order valence-corrected chi connectivity index (χ1v) is 8.20. The Kier molecular flexibility index (Phi) is 4.77. The molecule has 1 amide bonds. The van der Waals surface area contributed by atoms with E-state index in [-0.39, 0.29) is 18.1 Å². The number of hydrogen-bond donors (Lipinski definition) is 2. The zero-order valence-electron chi connectivity index (χ0n) is 13.0. The summed E-state index contributed by atoms with van der Waals surface area (Å²) in [6.07, 6.45) is 0.204. The molecule has 6 heteroatoms. The second kappa shape index (κ2) is 7.14. The Hall–Kier alpha value is -2.86. The van der Waals surface area contributed by atoms with Crippen LogP contribution in [0.15, 0.2) is 53.9 Å². The van der Waals surface area contributed by atoms with Crippen molar-refractivity contribution in [3.8, 4) is 22.8 Å². The SMILES string of the molecule is COc1ccc(NC(=O)Cc2nc(-c3cccc(O)c3)cs2)cc1. The van der Waals surface area contributed by atoms with Gasteiger partial charge in [0.15, 0.2) is 0 Å². The number of carbonyl (C=O) groups excluding carboxylic acids is 1. The van der Waals surface area contributed by atoms with Gasteiger partial charge in [0.05, 0.1) is 19.2 Å². The number of methoxy groups -OCH3 is 1. The maximum Gasteiger partial charge on any atom is 0.231 e. The molecule has 0 aliphatic rings. The van der Waals surface area contributed by atoms with E-state index in [1.165, 1.54) is 11.3 Å². The second-order valence-electron chi connectivity index (χ2n) is 5.13. The molecule has 0 radical (unpaired) electrons. The first-order valence-electron chi connectivity index (χ1n) is 7.32. The molecule has 2 aromatic carbocycles. The summed E-state index contributed by atoms with van der Waals surface area (Å²) >= 11 is 1.42. The molecule has 24 heavy (non-hydrogen) atoms. The Bertz CT molecular complexity index is 843. The number of aromatic hydroxyl groups is 1. The van der Waals surface area contributed by atoms with Gasteiger partial charge >= 0.3 is 0 Å². The minimum absolute atomic E-state index is 0.128. The molecule has 3 aromatic rings. The number of anilines is 1. The Morgan fingerprint density at radius 2 is 2.04 bits per heavy atom. The van der Waals surface area contributed by atoms with E-state index in [9.17, 15) is 9.90 Å². The van der Waals surface area contributed by atoms with Gasteiger partial charge in [-0.3, -0.25) is 4.79 Å². The molecule has 122 valence electrons. The van der Waals surface area contributed by atoms with E-state index in [4.69, 9.17) is 4.74 Å². The van der Waals surface area contributed by atoms with Crippen LogP contribution in [-0.2, 0) is 11.2 Å². The highest BCUT2D eigenvalue weighted by molar-refractivity contribution is 7.10. The van der Waals surface area contributed by atoms with Crippen LogP contribution in [0.25, 0.3) is 11.3 Å². The molecular weight excluding hydrogens is 324 g/mol. The van der Waals surface area contributed by atoms with Crippen molar-refractivity contribution >= 4 is 22.9 Å². The number of rotatable bonds is 5. The smallest absolute Gasteiger partial charge is 0.231 e. The number of ether oxygens (including phenoxy) is 1. The van der Waals surface area contributed by atoms with Gasteiger partial charge in [-0.15, -0.1) is 11.3 Å². The molecule has 0 spiro atoms. The molecule has 0 saturated heterocycles. The molecule has 5 nitrogen and oxygen atoms in total. The number of aromatic nitrogens is 1. The van der Waals surface area contributed by atoms with E-state index in [1.807, 2.05) is 11.4 Å². The van der Waals surface area contributed by atoms with Crippen molar-refractivity contribution in [3.05, 3.63) is 58.9 Å². The fourth-order valence-electron chi connectivity index (χ4n) is 2.21. The zero-order valence-corrected chi connectivity index (χ0v) is 13.8. The molecule has 1 aromatic heterocycles. The first-order chi connectivity index (χ1) is 11.6. The zero-order chi connectivity index (χ0) is 16.9. The summed E-state index contributed by atoms with van der Waals surface area (Å²) < 4.78 is 5.08. The number of nitrogens with zero attached hydrogens (tertiary/aromatic N) is 1. The third kappa shape index (κ3) is 3.91. The van der Waals surface area contributed by atoms with Crippen LogP contribution in [0.5, 0.6) is 11.5 Å². The van der Waals surface area contributed by atoms with Gasteiger partial charge in [-0.2, -0.15) is 0 Å². The van der Waals surface area contributed by atoms with Crippen LogP contribution < -0.4 is 10.1 Å². The fraction of sp³-hybridized carbons (Fsp3) is 0.111. The lowest BCUT2D eigenvalue weighted by atomic mass is 10.2. The van der Waals surface area contributed by atoms with Crippen LogP contribution in [0.1, 0.15) is 5.01 Å². The largest absolute Gasteiger partial charge is 0.508 e. The summed E-state index contributed by atoms with van der Waals surface area (Å²) in [7, 11) is 1.60. The summed E-state index contributed by atoms with van der Waals surface area (Å²) in [5.41, 5.74) is 2.29. The number of phenolic OH excluding ortho intramolecular Hbond substituents is 1. The summed E-state index contributed by atoms with van der Waals surface area (Å²) in [6, 6.07) is 14.1. The van der Waals surface area contributed by atoms with E-state index in [0.717, 1.165) is 22.0 Å². The molecule has 0 aliphatic heterocycles. The Morgan fingerprint density at radius 1 is 1.25 bits per heavy atom. The Balaban J connectivity index is 1.64. The minimum Gasteiger partial charge on any atom is -0.508 e. The summed E-state index contributed by atoms with van der Waals surface area (Å²) in [6.45, 7) is 0. The summed E-state index contributed by atoms with van der Waals surface area (Å²) in [5, 5.41) is 15.0. The van der Waals surface area contributed by atoms with Gasteiger partial charge in [0.2, 0.25) is 5.91 Å². The normalized spacial score (nSPS) is 10.4. The first kappa shape index (κ1) is 16.0. The van der Waals surface area contributed by atoms with Crippen molar-refractivity contribution in [1.82, 2.24) is 4.98 Å². The monoisotopic (exact) mass is 340 g/mol. The Labute approximate surface area is 143 Å². The highest BCUT2D eigenvalue weighted by Gasteiger charge is 2.10. The van der Waals surface area contributed by atoms with Crippen LogP contribution in [-0.4, -0.2) is 23.1 Å². The molecule has 0 bridgehead atoms. The van der Waals surface area contributed by atoms with Gasteiger partial charge in [0, 0.05) is 16.6 Å². The molecule has 0 unspecified atom stereocenters. The van der Waals surface area contributed by atoms with Crippen molar-refractivity contribution in [2.45, 2.75) is 6.42 Å². The third-order valence-electron chi connectivity index (χ3n) is 3.38. The second-order valence-corrected chi connectivity index (χ2v) is 6.07. The number of hydrogen-bond acceptors (Lipinski definition) is 5. The molecule has 0 saturated carbocycles. The molecule has 0 atom stereocenters. The predicted octanol–water partition coefficient (Wildman–Crippen LogP) is 3.71. The van der Waals surface area contributed by atoms with Gasteiger partial charge in [-0.05, 0) is 36.4 Å². The van der Waals surface area contributed by atoms with Crippen LogP contribution in [0.4, 0.5) is 5.69 Å². The summed E-state index contributed by atoms with van der Waals surface area (Å²) in [5.74, 6) is 0.806.